The van der Waals surface area contributed by atoms with E-state index in [4.69, 9.17) is 0 Å². The topological polar surface area (TPSA) is 32.3 Å². The van der Waals surface area contributed by atoms with E-state index in [0.29, 0.717) is 12.1 Å². The van der Waals surface area contributed by atoms with E-state index >= 15 is 0 Å². The van der Waals surface area contributed by atoms with Crippen molar-refractivity contribution in [2.24, 2.45) is 0 Å². The molecule has 2 rings (SSSR count). The number of benzene rings is 1. The van der Waals surface area contributed by atoms with Gasteiger partial charge in [-0.1, -0.05) is 12.1 Å². The number of hydrogen-bond acceptors (Lipinski definition) is 2. The van der Waals surface area contributed by atoms with Crippen LogP contribution in [0, 0.1) is 12.7 Å². The smallest absolute Gasteiger partial charge is 0.257 e. The number of nitrogens with one attached hydrogen (secondary N) is 1. The van der Waals surface area contributed by atoms with Crippen molar-refractivity contribution in [1.82, 2.24) is 10.2 Å². The molecule has 1 fully saturated rings. The fourth-order valence-electron chi connectivity index (χ4n) is 2.11. The average Bonchev–Trinajstić information content (AvgIpc) is 2.32. The number of hydrogen-bond donors (Lipinski definition) is 1. The summed E-state index contributed by atoms with van der Waals surface area (Å²) >= 11 is 0. The summed E-state index contributed by atoms with van der Waals surface area (Å²) < 4.78 is 13.9. The lowest BCUT2D eigenvalue weighted by Crippen LogP contribution is -2.52. The summed E-state index contributed by atoms with van der Waals surface area (Å²) in [4.78, 5) is 14.0. The summed E-state index contributed by atoms with van der Waals surface area (Å²) in [7, 11) is 0. The highest BCUT2D eigenvalue weighted by atomic mass is 19.1. The Morgan fingerprint density at radius 2 is 2.29 bits per heavy atom. The Morgan fingerprint density at radius 1 is 1.53 bits per heavy atom. The SMILES string of the molecule is Cc1cccc(C(=O)N2CCNC[C@@H]2C)c1F. The number of aryl methyl sites for hydroxylation is 1. The molecular formula is C13H17FN2O. The molecule has 0 aromatic heterocycles. The molecule has 1 atom stereocenters. The molecule has 1 aromatic rings. The Kier molecular flexibility index (Phi) is 3.43. The van der Waals surface area contributed by atoms with Crippen LogP contribution in [-0.2, 0) is 0 Å². The van der Waals surface area contributed by atoms with Gasteiger partial charge in [-0.3, -0.25) is 4.79 Å². The van der Waals surface area contributed by atoms with Gasteiger partial charge in [0.05, 0.1) is 5.56 Å². The van der Waals surface area contributed by atoms with Gasteiger partial charge in [0, 0.05) is 25.7 Å². The molecule has 0 bridgehead atoms. The highest BCUT2D eigenvalue weighted by molar-refractivity contribution is 5.95. The molecule has 3 nitrogen and oxygen atoms in total. The van der Waals surface area contributed by atoms with Gasteiger partial charge in [-0.25, -0.2) is 4.39 Å². The Labute approximate surface area is 101 Å². The number of nitrogens with zero attached hydrogens (tertiary/aromatic N) is 1. The number of carbonyl (C=O) groups excluding carboxylic acids is 1. The van der Waals surface area contributed by atoms with Crippen LogP contribution in [0.5, 0.6) is 0 Å². The summed E-state index contributed by atoms with van der Waals surface area (Å²) in [5, 5.41) is 3.21. The maximum Gasteiger partial charge on any atom is 0.257 e. The second kappa shape index (κ2) is 4.84. The molecule has 0 aliphatic carbocycles. The lowest BCUT2D eigenvalue weighted by Gasteiger charge is -2.34. The van der Waals surface area contributed by atoms with E-state index in [-0.39, 0.29) is 17.5 Å². The molecule has 92 valence electrons. The third-order valence-corrected chi connectivity index (χ3v) is 3.18. The van der Waals surface area contributed by atoms with Crippen molar-refractivity contribution in [2.75, 3.05) is 19.6 Å². The van der Waals surface area contributed by atoms with Crippen LogP contribution in [0.4, 0.5) is 4.39 Å². The van der Waals surface area contributed by atoms with Crippen molar-refractivity contribution >= 4 is 5.91 Å². The molecule has 1 amide bonds. The first-order chi connectivity index (χ1) is 8.11. The zero-order valence-corrected chi connectivity index (χ0v) is 10.2. The number of piperazine rings is 1. The monoisotopic (exact) mass is 236 g/mol. The highest BCUT2D eigenvalue weighted by Gasteiger charge is 2.26. The van der Waals surface area contributed by atoms with Gasteiger partial charge in [-0.15, -0.1) is 0 Å². The van der Waals surface area contributed by atoms with Crippen molar-refractivity contribution in [1.29, 1.82) is 0 Å². The van der Waals surface area contributed by atoms with Gasteiger partial charge in [0.1, 0.15) is 5.82 Å². The number of halogens is 1. The molecule has 1 saturated heterocycles. The van der Waals surface area contributed by atoms with E-state index in [9.17, 15) is 9.18 Å². The third-order valence-electron chi connectivity index (χ3n) is 3.18. The molecule has 0 saturated carbocycles. The molecule has 0 spiro atoms. The number of amides is 1. The van der Waals surface area contributed by atoms with Crippen LogP contribution < -0.4 is 5.32 Å². The standard InChI is InChI=1S/C13H17FN2O/c1-9-4-3-5-11(12(9)14)13(17)16-7-6-15-8-10(16)2/h3-5,10,15H,6-8H2,1-2H3/t10-/m0/s1. The minimum absolute atomic E-state index is 0.108. The van der Waals surface area contributed by atoms with Crippen LogP contribution in [-0.4, -0.2) is 36.5 Å². The molecule has 1 N–H and O–H groups in total. The molecule has 0 unspecified atom stereocenters. The van der Waals surface area contributed by atoms with Crippen LogP contribution in [0.3, 0.4) is 0 Å². The maximum absolute atomic E-state index is 13.9. The van der Waals surface area contributed by atoms with Gasteiger partial charge >= 0.3 is 0 Å². The summed E-state index contributed by atoms with van der Waals surface area (Å²) in [5.41, 5.74) is 0.692. The summed E-state index contributed by atoms with van der Waals surface area (Å²) in [6.45, 7) is 5.81. The van der Waals surface area contributed by atoms with Crippen molar-refractivity contribution in [3.05, 3.63) is 35.1 Å². The number of carbonyl (C=O) groups is 1. The van der Waals surface area contributed by atoms with Gasteiger partial charge in [0.15, 0.2) is 0 Å². The minimum Gasteiger partial charge on any atom is -0.333 e. The normalized spacial score (nSPS) is 20.4. The second-order valence-electron chi connectivity index (χ2n) is 4.49. The second-order valence-corrected chi connectivity index (χ2v) is 4.49. The van der Waals surface area contributed by atoms with E-state index < -0.39 is 5.82 Å². The lowest BCUT2D eigenvalue weighted by molar-refractivity contribution is 0.0651. The van der Waals surface area contributed by atoms with Gasteiger partial charge in [0.2, 0.25) is 0 Å². The van der Waals surface area contributed by atoms with E-state index in [0.717, 1.165) is 13.1 Å². The molecule has 17 heavy (non-hydrogen) atoms. The van der Waals surface area contributed by atoms with Crippen LogP contribution in [0.25, 0.3) is 0 Å². The molecule has 1 aromatic carbocycles. The van der Waals surface area contributed by atoms with Gasteiger partial charge in [-0.2, -0.15) is 0 Å². The Bertz CT molecular complexity index is 433. The first kappa shape index (κ1) is 12.0. The van der Waals surface area contributed by atoms with E-state index in [1.807, 2.05) is 6.92 Å². The molecule has 1 aliphatic rings. The van der Waals surface area contributed by atoms with Gasteiger partial charge < -0.3 is 10.2 Å². The molecule has 1 aliphatic heterocycles. The first-order valence-electron chi connectivity index (χ1n) is 5.88. The first-order valence-corrected chi connectivity index (χ1v) is 5.88. The third kappa shape index (κ3) is 2.31. The Morgan fingerprint density at radius 3 is 3.00 bits per heavy atom. The van der Waals surface area contributed by atoms with E-state index in [1.54, 1.807) is 30.0 Å². The number of rotatable bonds is 1. The highest BCUT2D eigenvalue weighted by Crippen LogP contribution is 2.16. The zero-order chi connectivity index (χ0) is 12.4. The van der Waals surface area contributed by atoms with Crippen molar-refractivity contribution in [3.63, 3.8) is 0 Å². The summed E-state index contributed by atoms with van der Waals surface area (Å²) in [6, 6.07) is 5.06. The average molecular weight is 236 g/mol. The Balaban J connectivity index is 2.27. The van der Waals surface area contributed by atoms with Crippen molar-refractivity contribution < 1.29 is 9.18 Å². The van der Waals surface area contributed by atoms with Crippen molar-refractivity contribution in [3.8, 4) is 0 Å². The summed E-state index contributed by atoms with van der Waals surface area (Å²) in [5.74, 6) is -0.608. The van der Waals surface area contributed by atoms with E-state index in [1.165, 1.54) is 0 Å². The summed E-state index contributed by atoms with van der Waals surface area (Å²) in [6.07, 6.45) is 0. The maximum atomic E-state index is 13.9. The van der Waals surface area contributed by atoms with Crippen molar-refractivity contribution in [2.45, 2.75) is 19.9 Å². The van der Waals surface area contributed by atoms with Crippen LogP contribution in [0.1, 0.15) is 22.8 Å². The Hall–Kier alpha value is -1.42. The van der Waals surface area contributed by atoms with Gasteiger partial charge in [0.25, 0.3) is 5.91 Å². The molecule has 4 heteroatoms. The lowest BCUT2D eigenvalue weighted by atomic mass is 10.1. The minimum atomic E-state index is -0.400. The van der Waals surface area contributed by atoms with Crippen LogP contribution >= 0.6 is 0 Å². The molecule has 1 heterocycles. The molecule has 0 radical (unpaired) electrons. The predicted octanol–water partition coefficient (Wildman–Crippen LogP) is 1.57. The largest absolute Gasteiger partial charge is 0.333 e. The van der Waals surface area contributed by atoms with Crippen LogP contribution in [0.15, 0.2) is 18.2 Å². The van der Waals surface area contributed by atoms with E-state index in [2.05, 4.69) is 5.32 Å². The van der Waals surface area contributed by atoms with Crippen LogP contribution in [0.2, 0.25) is 0 Å². The molecular weight excluding hydrogens is 219 g/mol. The fourth-order valence-corrected chi connectivity index (χ4v) is 2.11. The zero-order valence-electron chi connectivity index (χ0n) is 10.2. The van der Waals surface area contributed by atoms with Gasteiger partial charge in [-0.05, 0) is 25.5 Å². The fraction of sp³-hybridized carbons (Fsp3) is 0.462. The quantitative estimate of drug-likeness (QED) is 0.802. The predicted molar refractivity (Wildman–Crippen MR) is 64.5 cm³/mol.